The van der Waals surface area contributed by atoms with E-state index in [4.69, 9.17) is 23.2 Å². The molecule has 1 heterocycles. The van der Waals surface area contributed by atoms with Gasteiger partial charge in [0.15, 0.2) is 10.7 Å². The van der Waals surface area contributed by atoms with Crippen LogP contribution in [0.25, 0.3) is 0 Å². The molecular formula is C18H19Cl2N3O3S. The molecule has 1 aliphatic heterocycles. The van der Waals surface area contributed by atoms with Gasteiger partial charge in [-0.1, -0.05) is 41.4 Å². The fourth-order valence-electron chi connectivity index (χ4n) is 3.26. The van der Waals surface area contributed by atoms with Gasteiger partial charge in [0.1, 0.15) is 5.88 Å². The molecule has 2 aromatic rings. The van der Waals surface area contributed by atoms with Crippen LogP contribution >= 0.6 is 23.2 Å². The number of amides is 2. The number of benzene rings is 2. The van der Waals surface area contributed by atoms with Crippen molar-refractivity contribution in [2.24, 2.45) is 0 Å². The Hall–Kier alpha value is -1.96. The average Bonchev–Trinajstić information content (AvgIpc) is 2.63. The van der Waals surface area contributed by atoms with E-state index in [1.165, 1.54) is 0 Å². The summed E-state index contributed by atoms with van der Waals surface area (Å²) in [6, 6.07) is 10.2. The third-order valence-corrected chi connectivity index (χ3v) is 5.63. The second-order valence-corrected chi connectivity index (χ2v) is 7.98. The molecule has 0 radical (unpaired) electrons. The highest BCUT2D eigenvalue weighted by Crippen LogP contribution is 2.35. The van der Waals surface area contributed by atoms with E-state index in [0.717, 1.165) is 16.8 Å². The second kappa shape index (κ2) is 8.37. The minimum atomic E-state index is -2.51. The summed E-state index contributed by atoms with van der Waals surface area (Å²) >= 11 is 12.3. The van der Waals surface area contributed by atoms with Gasteiger partial charge in [0, 0.05) is 12.2 Å². The summed E-state index contributed by atoms with van der Waals surface area (Å²) in [4.78, 5) is 14.5. The number of para-hydroxylation sites is 1. The summed E-state index contributed by atoms with van der Waals surface area (Å²) in [5.74, 6) is -0.116. The number of fused-ring (bicyclic) bond motifs is 1. The normalized spacial score (nSPS) is 16.1. The highest BCUT2D eigenvalue weighted by Gasteiger charge is 2.29. The van der Waals surface area contributed by atoms with Gasteiger partial charge < -0.3 is 15.5 Å². The number of carbonyl (C=O) groups is 1. The fraction of sp³-hybridized carbons (Fsp3) is 0.278. The smallest absolute Gasteiger partial charge is 0.322 e. The molecule has 6 nitrogen and oxygen atoms in total. The maximum absolute atomic E-state index is 12.8. The van der Waals surface area contributed by atoms with E-state index < -0.39 is 10.7 Å². The SMILES string of the molecule is C[C@H]1c2cccc(NC[SH](=O)=O)c2CCN1C(=O)Nc1c(Cl)cccc1Cl. The molecule has 0 saturated carbocycles. The molecule has 1 aliphatic rings. The molecule has 0 fully saturated rings. The molecule has 144 valence electrons. The van der Waals surface area contributed by atoms with Crippen LogP contribution in [0.3, 0.4) is 0 Å². The molecular weight excluding hydrogens is 409 g/mol. The Kier molecular flexibility index (Phi) is 6.14. The molecule has 3 rings (SSSR count). The molecule has 27 heavy (non-hydrogen) atoms. The van der Waals surface area contributed by atoms with E-state index in [1.54, 1.807) is 23.1 Å². The van der Waals surface area contributed by atoms with Gasteiger partial charge in [-0.3, -0.25) is 0 Å². The van der Waals surface area contributed by atoms with E-state index in [2.05, 4.69) is 10.6 Å². The lowest BCUT2D eigenvalue weighted by molar-refractivity contribution is 0.188. The number of hydrogen-bond acceptors (Lipinski definition) is 4. The lowest BCUT2D eigenvalue weighted by Gasteiger charge is -2.36. The van der Waals surface area contributed by atoms with Gasteiger partial charge in [-0.25, -0.2) is 13.2 Å². The monoisotopic (exact) mass is 427 g/mol. The second-order valence-electron chi connectivity index (χ2n) is 6.19. The standard InChI is InChI=1S/C18H19Cl2N3O3S/c1-11-12-4-2-7-16(21-10-27(25)26)13(12)8-9-23(11)18(24)22-17-14(19)5-3-6-15(17)20/h2-7,11,21,27H,8-10H2,1H3,(H,22,24)/t11-/m0/s1. The summed E-state index contributed by atoms with van der Waals surface area (Å²) in [6.07, 6.45) is 0.613. The molecule has 0 aromatic heterocycles. The summed E-state index contributed by atoms with van der Waals surface area (Å²) < 4.78 is 21.7. The van der Waals surface area contributed by atoms with Gasteiger partial charge in [-0.15, -0.1) is 0 Å². The molecule has 0 bridgehead atoms. The number of carbonyl (C=O) groups excluding carboxylic acids is 1. The lowest BCUT2D eigenvalue weighted by Crippen LogP contribution is -2.41. The number of nitrogens with one attached hydrogen (secondary N) is 2. The first-order valence-corrected chi connectivity index (χ1v) is 10.5. The van der Waals surface area contributed by atoms with E-state index in [1.807, 2.05) is 25.1 Å². The highest BCUT2D eigenvalue weighted by molar-refractivity contribution is 7.72. The van der Waals surface area contributed by atoms with Crippen LogP contribution in [-0.4, -0.2) is 31.8 Å². The zero-order chi connectivity index (χ0) is 19.6. The van der Waals surface area contributed by atoms with Crippen LogP contribution in [0.1, 0.15) is 24.1 Å². The third-order valence-electron chi connectivity index (χ3n) is 4.59. The van der Waals surface area contributed by atoms with Gasteiger partial charge >= 0.3 is 6.03 Å². The first-order valence-electron chi connectivity index (χ1n) is 8.37. The molecule has 2 aromatic carbocycles. The Balaban J connectivity index is 1.81. The summed E-state index contributed by atoms with van der Waals surface area (Å²) in [6.45, 7) is 2.42. The number of anilines is 2. The lowest BCUT2D eigenvalue weighted by atomic mass is 9.92. The van der Waals surface area contributed by atoms with Gasteiger partial charge in [0.25, 0.3) is 0 Å². The van der Waals surface area contributed by atoms with Crippen molar-refractivity contribution in [1.29, 1.82) is 0 Å². The third kappa shape index (κ3) is 4.31. The van der Waals surface area contributed by atoms with E-state index in [9.17, 15) is 13.2 Å². The van der Waals surface area contributed by atoms with Crippen molar-refractivity contribution in [1.82, 2.24) is 4.90 Å². The first-order chi connectivity index (χ1) is 12.9. The molecule has 0 spiro atoms. The number of halogens is 2. The maximum Gasteiger partial charge on any atom is 0.322 e. The Morgan fingerprint density at radius 1 is 1.19 bits per heavy atom. The summed E-state index contributed by atoms with van der Waals surface area (Å²) in [7, 11) is -2.51. The van der Waals surface area contributed by atoms with E-state index in [-0.39, 0.29) is 17.9 Å². The summed E-state index contributed by atoms with van der Waals surface area (Å²) in [5, 5.41) is 6.48. The van der Waals surface area contributed by atoms with Crippen molar-refractivity contribution in [3.8, 4) is 0 Å². The van der Waals surface area contributed by atoms with Crippen molar-refractivity contribution in [3.05, 3.63) is 57.6 Å². The highest BCUT2D eigenvalue weighted by atomic mass is 35.5. The Morgan fingerprint density at radius 2 is 1.85 bits per heavy atom. The van der Waals surface area contributed by atoms with Gasteiger partial charge in [0.2, 0.25) is 0 Å². The van der Waals surface area contributed by atoms with Crippen LogP contribution in [0, 0.1) is 0 Å². The van der Waals surface area contributed by atoms with Gasteiger partial charge in [0.05, 0.1) is 21.8 Å². The number of rotatable bonds is 4. The van der Waals surface area contributed by atoms with Crippen molar-refractivity contribution in [2.45, 2.75) is 19.4 Å². The van der Waals surface area contributed by atoms with Crippen molar-refractivity contribution < 1.29 is 13.2 Å². The number of nitrogens with zero attached hydrogens (tertiary/aromatic N) is 1. The Bertz CT molecular complexity index is 921. The van der Waals surface area contributed by atoms with Crippen LogP contribution < -0.4 is 10.6 Å². The number of hydrogen-bond donors (Lipinski definition) is 3. The molecule has 0 saturated heterocycles. The van der Waals surface area contributed by atoms with E-state index >= 15 is 0 Å². The van der Waals surface area contributed by atoms with Crippen LogP contribution in [0.15, 0.2) is 36.4 Å². The Morgan fingerprint density at radius 3 is 2.52 bits per heavy atom. The zero-order valence-corrected chi connectivity index (χ0v) is 16.9. The average molecular weight is 428 g/mol. The topological polar surface area (TPSA) is 78.5 Å². The van der Waals surface area contributed by atoms with Crippen molar-refractivity contribution >= 4 is 51.3 Å². The van der Waals surface area contributed by atoms with Crippen LogP contribution in [-0.2, 0) is 17.1 Å². The molecule has 2 amide bonds. The first kappa shape index (κ1) is 19.8. The van der Waals surface area contributed by atoms with Crippen LogP contribution in [0.5, 0.6) is 0 Å². The van der Waals surface area contributed by atoms with Crippen molar-refractivity contribution in [2.75, 3.05) is 23.1 Å². The molecule has 1 atom stereocenters. The quantitative estimate of drug-likeness (QED) is 0.640. The van der Waals surface area contributed by atoms with E-state index in [0.29, 0.717) is 28.7 Å². The predicted octanol–water partition coefficient (Wildman–Crippen LogP) is 4.13. The minimum Gasteiger partial charge on any atom is -0.372 e. The Labute approximate surface area is 169 Å². The predicted molar refractivity (Wildman–Crippen MR) is 110 cm³/mol. The maximum atomic E-state index is 12.8. The summed E-state index contributed by atoms with van der Waals surface area (Å²) in [5.41, 5.74) is 3.18. The molecule has 9 heteroatoms. The molecule has 0 aliphatic carbocycles. The van der Waals surface area contributed by atoms with Gasteiger partial charge in [-0.2, -0.15) is 0 Å². The largest absolute Gasteiger partial charge is 0.372 e. The van der Waals surface area contributed by atoms with Gasteiger partial charge in [-0.05, 0) is 42.7 Å². The number of thiol groups is 1. The van der Waals surface area contributed by atoms with Crippen molar-refractivity contribution in [3.63, 3.8) is 0 Å². The van der Waals surface area contributed by atoms with Crippen LogP contribution in [0.2, 0.25) is 10.0 Å². The molecule has 0 unspecified atom stereocenters. The van der Waals surface area contributed by atoms with Crippen LogP contribution in [0.4, 0.5) is 16.2 Å². The fourth-order valence-corrected chi connectivity index (χ4v) is 4.05. The number of urea groups is 1. The molecule has 2 N–H and O–H groups in total. The minimum absolute atomic E-state index is 0.116. The zero-order valence-electron chi connectivity index (χ0n) is 14.5.